The van der Waals surface area contributed by atoms with Gasteiger partial charge in [0.15, 0.2) is 0 Å². The van der Waals surface area contributed by atoms with E-state index in [0.29, 0.717) is 44.2 Å². The summed E-state index contributed by atoms with van der Waals surface area (Å²) < 4.78 is 7.71. The second-order valence-electron chi connectivity index (χ2n) is 6.11. The summed E-state index contributed by atoms with van der Waals surface area (Å²) in [4.78, 5) is 37.3. The summed E-state index contributed by atoms with van der Waals surface area (Å²) in [6.07, 6.45) is 4.51. The summed E-state index contributed by atoms with van der Waals surface area (Å²) in [5, 5.41) is 0. The number of hydrogen-bond donors (Lipinski definition) is 1. The molecule has 0 spiro atoms. The van der Waals surface area contributed by atoms with Crippen LogP contribution in [0, 0.1) is 6.92 Å². The minimum atomic E-state index is -0.398. The van der Waals surface area contributed by atoms with Crippen LogP contribution in [-0.2, 0) is 22.5 Å². The lowest BCUT2D eigenvalue weighted by molar-refractivity contribution is -0.139. The molecule has 1 aliphatic heterocycles. The van der Waals surface area contributed by atoms with Crippen molar-refractivity contribution in [2.75, 3.05) is 19.7 Å². The first-order chi connectivity index (χ1) is 12.1. The number of aromatic nitrogens is 4. The van der Waals surface area contributed by atoms with Gasteiger partial charge in [-0.15, -0.1) is 0 Å². The fourth-order valence-corrected chi connectivity index (χ4v) is 3.03. The van der Waals surface area contributed by atoms with E-state index in [1.165, 1.54) is 6.07 Å². The van der Waals surface area contributed by atoms with Gasteiger partial charge in [-0.1, -0.05) is 6.92 Å². The molecular weight excluding hydrogens is 322 g/mol. The van der Waals surface area contributed by atoms with E-state index in [2.05, 4.69) is 15.0 Å². The van der Waals surface area contributed by atoms with Crippen LogP contribution in [-0.4, -0.2) is 50.0 Å². The Labute approximate surface area is 145 Å². The Bertz CT molecular complexity index is 798. The summed E-state index contributed by atoms with van der Waals surface area (Å²) in [6.45, 7) is 5.80. The van der Waals surface area contributed by atoms with E-state index < -0.39 is 6.10 Å². The number of imidazole rings is 1. The first-order valence-electron chi connectivity index (χ1n) is 8.54. The molecule has 1 atom stereocenters. The standard InChI is InChI=1S/C17H23N5O3/c1-3-14-18-5-7-21(14)6-4-16(24)22-8-9-25-13(11-22)17-19-12(2)10-15(23)20-17/h5,7,10,13H,3-4,6,8-9,11H2,1-2H3,(H,19,20,23)/t13-/m0/s1. The summed E-state index contributed by atoms with van der Waals surface area (Å²) in [6, 6.07) is 1.44. The summed E-state index contributed by atoms with van der Waals surface area (Å²) in [7, 11) is 0. The van der Waals surface area contributed by atoms with E-state index in [9.17, 15) is 9.59 Å². The second kappa shape index (κ2) is 7.60. The largest absolute Gasteiger partial charge is 0.367 e. The van der Waals surface area contributed by atoms with Crippen molar-refractivity contribution in [2.45, 2.75) is 39.3 Å². The lowest BCUT2D eigenvalue weighted by Gasteiger charge is -2.32. The van der Waals surface area contributed by atoms with Crippen molar-refractivity contribution < 1.29 is 9.53 Å². The molecular formula is C17H23N5O3. The van der Waals surface area contributed by atoms with Gasteiger partial charge >= 0.3 is 0 Å². The molecule has 3 rings (SSSR count). The molecule has 0 aromatic carbocycles. The number of H-pyrrole nitrogens is 1. The fourth-order valence-electron chi connectivity index (χ4n) is 3.03. The third-order valence-electron chi connectivity index (χ3n) is 4.30. The number of nitrogens with one attached hydrogen (secondary N) is 1. The maximum atomic E-state index is 12.5. The molecule has 0 aliphatic carbocycles. The number of morpholine rings is 1. The van der Waals surface area contributed by atoms with Gasteiger partial charge in [-0.2, -0.15) is 0 Å². The predicted molar refractivity (Wildman–Crippen MR) is 91.1 cm³/mol. The number of aromatic amines is 1. The van der Waals surface area contributed by atoms with Crippen LogP contribution >= 0.6 is 0 Å². The zero-order valence-electron chi connectivity index (χ0n) is 14.6. The molecule has 134 valence electrons. The molecule has 1 amide bonds. The molecule has 0 unspecified atom stereocenters. The second-order valence-corrected chi connectivity index (χ2v) is 6.11. The van der Waals surface area contributed by atoms with Gasteiger partial charge < -0.3 is 19.2 Å². The van der Waals surface area contributed by atoms with Gasteiger partial charge in [0, 0.05) is 50.1 Å². The fraction of sp³-hybridized carbons (Fsp3) is 0.529. The molecule has 1 aliphatic rings. The SMILES string of the molecule is CCc1nccn1CCC(=O)N1CCO[C@H](c2nc(C)cc(=O)[nH]2)C1. The van der Waals surface area contributed by atoms with E-state index in [4.69, 9.17) is 4.74 Å². The zero-order chi connectivity index (χ0) is 17.8. The van der Waals surface area contributed by atoms with Gasteiger partial charge in [0.2, 0.25) is 5.91 Å². The molecule has 2 aromatic heterocycles. The van der Waals surface area contributed by atoms with Crippen LogP contribution in [0.4, 0.5) is 0 Å². The number of carbonyl (C=O) groups is 1. The highest BCUT2D eigenvalue weighted by Crippen LogP contribution is 2.19. The number of carbonyl (C=O) groups excluding carboxylic acids is 1. The van der Waals surface area contributed by atoms with Crippen molar-refractivity contribution in [3.63, 3.8) is 0 Å². The van der Waals surface area contributed by atoms with Gasteiger partial charge in [0.1, 0.15) is 17.8 Å². The highest BCUT2D eigenvalue weighted by Gasteiger charge is 2.27. The Kier molecular flexibility index (Phi) is 5.28. The monoisotopic (exact) mass is 345 g/mol. The predicted octanol–water partition coefficient (Wildman–Crippen LogP) is 0.827. The van der Waals surface area contributed by atoms with Crippen LogP contribution in [0.3, 0.4) is 0 Å². The zero-order valence-corrected chi connectivity index (χ0v) is 14.6. The van der Waals surface area contributed by atoms with Gasteiger partial charge in [0.25, 0.3) is 5.56 Å². The minimum Gasteiger partial charge on any atom is -0.367 e. The Morgan fingerprint density at radius 3 is 3.08 bits per heavy atom. The number of ether oxygens (including phenoxy) is 1. The molecule has 0 radical (unpaired) electrons. The Morgan fingerprint density at radius 2 is 2.32 bits per heavy atom. The Balaban J connectivity index is 1.62. The molecule has 3 heterocycles. The van der Waals surface area contributed by atoms with E-state index in [0.717, 1.165) is 12.2 Å². The molecule has 0 saturated carbocycles. The highest BCUT2D eigenvalue weighted by atomic mass is 16.5. The van der Waals surface area contributed by atoms with Gasteiger partial charge in [-0.3, -0.25) is 9.59 Å². The van der Waals surface area contributed by atoms with E-state index >= 15 is 0 Å². The van der Waals surface area contributed by atoms with Crippen LogP contribution < -0.4 is 5.56 Å². The topological polar surface area (TPSA) is 93.1 Å². The maximum absolute atomic E-state index is 12.5. The van der Waals surface area contributed by atoms with E-state index in [-0.39, 0.29) is 11.5 Å². The van der Waals surface area contributed by atoms with Crippen molar-refractivity contribution in [3.05, 3.63) is 46.2 Å². The lowest BCUT2D eigenvalue weighted by Crippen LogP contribution is -2.43. The Hall–Kier alpha value is -2.48. The number of amides is 1. The summed E-state index contributed by atoms with van der Waals surface area (Å²) in [5.74, 6) is 1.53. The van der Waals surface area contributed by atoms with Gasteiger partial charge in [-0.05, 0) is 6.92 Å². The molecule has 8 heteroatoms. The van der Waals surface area contributed by atoms with Gasteiger partial charge in [0.05, 0.1) is 13.2 Å². The number of hydrogen-bond acceptors (Lipinski definition) is 5. The lowest BCUT2D eigenvalue weighted by atomic mass is 10.2. The summed E-state index contributed by atoms with van der Waals surface area (Å²) >= 11 is 0. The van der Waals surface area contributed by atoms with Crippen LogP contribution in [0.1, 0.15) is 36.8 Å². The van der Waals surface area contributed by atoms with Crippen LogP contribution in [0.15, 0.2) is 23.3 Å². The smallest absolute Gasteiger partial charge is 0.251 e. The molecule has 8 nitrogen and oxygen atoms in total. The maximum Gasteiger partial charge on any atom is 0.251 e. The van der Waals surface area contributed by atoms with Crippen LogP contribution in [0.5, 0.6) is 0 Å². The average molecular weight is 345 g/mol. The van der Waals surface area contributed by atoms with Gasteiger partial charge in [-0.25, -0.2) is 9.97 Å². The van der Waals surface area contributed by atoms with E-state index in [1.807, 2.05) is 17.7 Å². The first-order valence-corrected chi connectivity index (χ1v) is 8.54. The number of rotatable bonds is 5. The van der Waals surface area contributed by atoms with Crippen LogP contribution in [0.2, 0.25) is 0 Å². The molecule has 25 heavy (non-hydrogen) atoms. The molecule has 1 fully saturated rings. The normalized spacial score (nSPS) is 17.7. The van der Waals surface area contributed by atoms with Crippen LogP contribution in [0.25, 0.3) is 0 Å². The minimum absolute atomic E-state index is 0.0686. The third-order valence-corrected chi connectivity index (χ3v) is 4.30. The quantitative estimate of drug-likeness (QED) is 0.866. The third kappa shape index (κ3) is 4.14. The highest BCUT2D eigenvalue weighted by molar-refractivity contribution is 5.76. The molecule has 0 bridgehead atoms. The van der Waals surface area contributed by atoms with Crippen molar-refractivity contribution in [2.24, 2.45) is 0 Å². The van der Waals surface area contributed by atoms with Crippen molar-refractivity contribution in [1.82, 2.24) is 24.4 Å². The Morgan fingerprint density at radius 1 is 1.48 bits per heavy atom. The van der Waals surface area contributed by atoms with Crippen molar-refractivity contribution in [3.8, 4) is 0 Å². The molecule has 2 aromatic rings. The number of nitrogens with zero attached hydrogens (tertiary/aromatic N) is 4. The average Bonchev–Trinajstić information content (AvgIpc) is 3.06. The number of aryl methyl sites for hydroxylation is 3. The van der Waals surface area contributed by atoms with Crippen molar-refractivity contribution in [1.29, 1.82) is 0 Å². The molecule has 1 saturated heterocycles. The van der Waals surface area contributed by atoms with E-state index in [1.54, 1.807) is 18.0 Å². The summed E-state index contributed by atoms with van der Waals surface area (Å²) in [5.41, 5.74) is 0.430. The van der Waals surface area contributed by atoms with Crippen molar-refractivity contribution >= 4 is 5.91 Å². The molecule has 1 N–H and O–H groups in total. The first kappa shape index (κ1) is 17.3.